The van der Waals surface area contributed by atoms with Gasteiger partial charge in [-0.05, 0) is 6.54 Å². The first-order valence-corrected chi connectivity index (χ1v) is 3.53. The predicted molar refractivity (Wildman–Crippen MR) is 40.6 cm³/mol. The van der Waals surface area contributed by atoms with Crippen molar-refractivity contribution < 1.29 is 6.22 Å². The molecule has 0 fully saturated rings. The Bertz CT molecular complexity index is 85.7. The smallest absolute Gasteiger partial charge is 0.133 e. The highest BCUT2D eigenvalue weighted by Gasteiger charge is 1.94. The molecule has 0 bridgehead atoms. The number of hydrogen-bond donors (Lipinski definition) is 1. The molecule has 0 atom stereocenters. The van der Waals surface area contributed by atoms with Gasteiger partial charge in [-0.1, -0.05) is 13.8 Å². The maximum absolute atomic E-state index is 10.6. The van der Waals surface area contributed by atoms with E-state index >= 15 is 0 Å². The Kier molecular flexibility index (Phi) is 5.52. The molecule has 56 valence electrons. The number of hydrogen-bond acceptors (Lipinski definition) is 2. The fourth-order valence-corrected chi connectivity index (χ4v) is 0.581. The molecule has 0 unspecified atom stereocenters. The zero-order chi connectivity index (χ0) is 7.11. The van der Waals surface area contributed by atoms with Crippen molar-refractivity contribution in [1.82, 2.24) is 5.32 Å². The Morgan fingerprint density at radius 3 is 2.67 bits per heavy atom. The van der Waals surface area contributed by atoms with Gasteiger partial charge in [-0.25, -0.2) is 0 Å². The largest absolute Gasteiger partial charge is 0.317 e. The quantitative estimate of drug-likeness (QED) is 0.568. The van der Waals surface area contributed by atoms with Crippen LogP contribution in [0.2, 0.25) is 0 Å². The zero-order valence-electron chi connectivity index (χ0n) is 6.24. The molecule has 0 spiro atoms. The Morgan fingerprint density at radius 1 is 1.56 bits per heavy atom. The third-order valence-corrected chi connectivity index (χ3v) is 1.22. The van der Waals surface area contributed by atoms with Crippen molar-refractivity contribution in [1.29, 1.82) is 0 Å². The van der Waals surface area contributed by atoms with E-state index in [1.807, 2.05) is 13.8 Å². The average molecular weight is 131 g/mol. The highest BCUT2D eigenvalue weighted by atomic mass is 16.1. The molecule has 0 aliphatic carbocycles. The van der Waals surface area contributed by atoms with Crippen LogP contribution in [-0.2, 0) is 4.79 Å². The lowest BCUT2D eigenvalue weighted by molar-refractivity contribution is -0.118. The van der Waals surface area contributed by atoms with E-state index in [-0.39, 0.29) is 1.43 Å². The topological polar surface area (TPSA) is 29.1 Å². The van der Waals surface area contributed by atoms with Crippen LogP contribution in [0.15, 0.2) is 0 Å². The fourth-order valence-electron chi connectivity index (χ4n) is 0.581. The first kappa shape index (κ1) is 8.63. The number of nitrogens with one attached hydrogen (secondary N) is 1. The number of carbonyl (C=O) groups is 1. The second kappa shape index (κ2) is 5.76. The third kappa shape index (κ3) is 5.50. The highest BCUT2D eigenvalue weighted by Crippen LogP contribution is 1.85. The number of ketones is 1. The van der Waals surface area contributed by atoms with E-state index < -0.39 is 0 Å². The summed E-state index contributed by atoms with van der Waals surface area (Å²) in [4.78, 5) is 10.6. The van der Waals surface area contributed by atoms with Crippen LogP contribution in [0.3, 0.4) is 0 Å². The first-order chi connectivity index (χ1) is 4.31. The van der Waals surface area contributed by atoms with Crippen molar-refractivity contribution in [3.8, 4) is 0 Å². The minimum Gasteiger partial charge on any atom is -0.317 e. The number of carbonyl (C=O) groups excluding carboxylic acids is 1. The van der Waals surface area contributed by atoms with Crippen LogP contribution in [-0.4, -0.2) is 18.9 Å². The number of rotatable bonds is 5. The standard InChI is InChI=1S/C7H15NO.H2/c1-3-7(9)5-6-8-4-2;/h8H,3-6H2,1-2H3;1H. The fraction of sp³-hybridized carbons (Fsp3) is 0.857. The Balaban J connectivity index is 0. The normalized spacial score (nSPS) is 9.56. The molecule has 0 aromatic carbocycles. The molecule has 2 nitrogen and oxygen atoms in total. The van der Waals surface area contributed by atoms with Crippen LogP contribution < -0.4 is 5.32 Å². The molecule has 2 heteroatoms. The summed E-state index contributed by atoms with van der Waals surface area (Å²) >= 11 is 0. The summed E-state index contributed by atoms with van der Waals surface area (Å²) in [7, 11) is 0. The molecule has 0 radical (unpaired) electrons. The molecule has 0 amide bonds. The summed E-state index contributed by atoms with van der Waals surface area (Å²) in [5.41, 5.74) is 0. The molecule has 0 rings (SSSR count). The second-order valence-corrected chi connectivity index (χ2v) is 2.00. The minimum absolute atomic E-state index is 0. The van der Waals surface area contributed by atoms with Crippen LogP contribution in [0, 0.1) is 0 Å². The van der Waals surface area contributed by atoms with Gasteiger partial charge in [0.15, 0.2) is 0 Å². The van der Waals surface area contributed by atoms with Crippen LogP contribution in [0.25, 0.3) is 0 Å². The second-order valence-electron chi connectivity index (χ2n) is 2.00. The van der Waals surface area contributed by atoms with Crippen LogP contribution >= 0.6 is 0 Å². The molecule has 0 aliphatic rings. The van der Waals surface area contributed by atoms with Gasteiger partial charge in [-0.2, -0.15) is 0 Å². The van der Waals surface area contributed by atoms with Gasteiger partial charge in [0.2, 0.25) is 0 Å². The molecule has 0 aromatic heterocycles. The molecular weight excluding hydrogens is 114 g/mol. The molecule has 0 saturated carbocycles. The molecule has 0 aromatic rings. The summed E-state index contributed by atoms with van der Waals surface area (Å²) in [5.74, 6) is 0.343. The molecule has 0 heterocycles. The van der Waals surface area contributed by atoms with Crippen molar-refractivity contribution in [2.45, 2.75) is 26.7 Å². The van der Waals surface area contributed by atoms with Gasteiger partial charge in [0.05, 0.1) is 0 Å². The van der Waals surface area contributed by atoms with E-state index in [0.29, 0.717) is 18.6 Å². The predicted octanol–water partition coefficient (Wildman–Crippen LogP) is 1.21. The van der Waals surface area contributed by atoms with E-state index in [9.17, 15) is 4.79 Å². The van der Waals surface area contributed by atoms with Gasteiger partial charge in [-0.3, -0.25) is 4.79 Å². The van der Waals surface area contributed by atoms with E-state index in [1.54, 1.807) is 0 Å². The van der Waals surface area contributed by atoms with E-state index in [0.717, 1.165) is 13.1 Å². The maximum atomic E-state index is 10.6. The van der Waals surface area contributed by atoms with Gasteiger partial charge in [0.25, 0.3) is 0 Å². The van der Waals surface area contributed by atoms with Crippen molar-refractivity contribution >= 4 is 5.78 Å². The third-order valence-electron chi connectivity index (χ3n) is 1.22. The molecule has 0 saturated heterocycles. The van der Waals surface area contributed by atoms with Gasteiger partial charge >= 0.3 is 0 Å². The van der Waals surface area contributed by atoms with Gasteiger partial charge in [0, 0.05) is 20.8 Å². The van der Waals surface area contributed by atoms with Crippen molar-refractivity contribution in [3.05, 3.63) is 0 Å². The SMILES string of the molecule is CCNCCC(=O)CC.[HH]. The minimum atomic E-state index is 0. The molecular formula is C7H17NO. The Labute approximate surface area is 58.1 Å². The zero-order valence-corrected chi connectivity index (χ0v) is 6.24. The van der Waals surface area contributed by atoms with Crippen LogP contribution in [0.1, 0.15) is 28.1 Å². The van der Waals surface area contributed by atoms with E-state index in [1.165, 1.54) is 0 Å². The molecule has 0 aliphatic heterocycles. The highest BCUT2D eigenvalue weighted by molar-refractivity contribution is 5.78. The molecule has 9 heavy (non-hydrogen) atoms. The van der Waals surface area contributed by atoms with Gasteiger partial charge in [-0.15, -0.1) is 0 Å². The summed E-state index contributed by atoms with van der Waals surface area (Å²) in [6, 6.07) is 0. The van der Waals surface area contributed by atoms with Crippen molar-refractivity contribution in [2.75, 3.05) is 13.1 Å². The Morgan fingerprint density at radius 2 is 2.22 bits per heavy atom. The molecule has 1 N–H and O–H groups in total. The lowest BCUT2D eigenvalue weighted by Crippen LogP contribution is -2.16. The van der Waals surface area contributed by atoms with E-state index in [2.05, 4.69) is 5.32 Å². The number of Topliss-reactive ketones (excluding diaryl/α,β-unsaturated/α-hetero) is 1. The van der Waals surface area contributed by atoms with Crippen molar-refractivity contribution in [2.24, 2.45) is 0 Å². The van der Waals surface area contributed by atoms with E-state index in [4.69, 9.17) is 0 Å². The summed E-state index contributed by atoms with van der Waals surface area (Å²) in [5, 5.41) is 3.09. The first-order valence-electron chi connectivity index (χ1n) is 3.53. The van der Waals surface area contributed by atoms with Crippen LogP contribution in [0.5, 0.6) is 0 Å². The Hall–Kier alpha value is -0.370. The van der Waals surface area contributed by atoms with Gasteiger partial charge < -0.3 is 5.32 Å². The lowest BCUT2D eigenvalue weighted by Gasteiger charge is -1.97. The summed E-state index contributed by atoms with van der Waals surface area (Å²) in [6.45, 7) is 5.73. The summed E-state index contributed by atoms with van der Waals surface area (Å²) in [6.07, 6.45) is 1.36. The van der Waals surface area contributed by atoms with Gasteiger partial charge in [0.1, 0.15) is 5.78 Å². The van der Waals surface area contributed by atoms with Crippen molar-refractivity contribution in [3.63, 3.8) is 0 Å². The van der Waals surface area contributed by atoms with Crippen LogP contribution in [0.4, 0.5) is 0 Å². The average Bonchev–Trinajstić information content (AvgIpc) is 1.89. The summed E-state index contributed by atoms with van der Waals surface area (Å²) < 4.78 is 0. The monoisotopic (exact) mass is 131 g/mol. The maximum Gasteiger partial charge on any atom is 0.133 e. The lowest BCUT2D eigenvalue weighted by atomic mass is 10.2.